The van der Waals surface area contributed by atoms with Gasteiger partial charge in [0.05, 0.1) is 11.3 Å². The molecule has 0 unspecified atom stereocenters. The van der Waals surface area contributed by atoms with E-state index in [2.05, 4.69) is 33.3 Å². The van der Waals surface area contributed by atoms with Crippen LogP contribution < -0.4 is 0 Å². The van der Waals surface area contributed by atoms with Crippen LogP contribution in [0.25, 0.3) is 0 Å². The van der Waals surface area contributed by atoms with E-state index in [-0.39, 0.29) is 5.91 Å². The number of carbonyl (C=O) groups is 1. The van der Waals surface area contributed by atoms with Crippen molar-refractivity contribution < 1.29 is 4.79 Å². The number of aliphatic imine (C=N–C) groups is 2. The van der Waals surface area contributed by atoms with Crippen LogP contribution in [0.3, 0.4) is 0 Å². The van der Waals surface area contributed by atoms with Gasteiger partial charge in [-0.1, -0.05) is 13.5 Å². The first-order valence-electron chi connectivity index (χ1n) is 5.96. The normalized spacial score (nSPS) is 22.6. The lowest BCUT2D eigenvalue weighted by atomic mass is 10.2. The molecular formula is C12H18N4O. The molecule has 0 radical (unpaired) electrons. The molecule has 1 saturated heterocycles. The summed E-state index contributed by atoms with van der Waals surface area (Å²) in [5.41, 5.74) is 1.08. The summed E-state index contributed by atoms with van der Waals surface area (Å²) in [6.07, 6.45) is 0. The van der Waals surface area contributed by atoms with Crippen LogP contribution in [0.5, 0.6) is 0 Å². The summed E-state index contributed by atoms with van der Waals surface area (Å²) in [5, 5.41) is 0. The van der Waals surface area contributed by atoms with E-state index in [0.29, 0.717) is 17.2 Å². The molecule has 0 aliphatic carbocycles. The van der Waals surface area contributed by atoms with Gasteiger partial charge in [0.15, 0.2) is 0 Å². The molecule has 1 fully saturated rings. The standard InChI is InChI=1S/C12H18N4O/c1-4-15-5-7-16(8-6-15)12-13-10(3)9(2)11(17)14-12/h2,4-8H2,1,3H3. The van der Waals surface area contributed by atoms with E-state index in [1.54, 1.807) is 6.92 Å². The molecule has 0 aromatic rings. The molecule has 0 spiro atoms. The minimum Gasteiger partial charge on any atom is -0.338 e. The number of amides is 1. The second-order valence-corrected chi connectivity index (χ2v) is 4.31. The van der Waals surface area contributed by atoms with Crippen LogP contribution in [0.4, 0.5) is 0 Å². The maximum absolute atomic E-state index is 11.6. The summed E-state index contributed by atoms with van der Waals surface area (Å²) in [6, 6.07) is 0. The smallest absolute Gasteiger partial charge is 0.281 e. The highest BCUT2D eigenvalue weighted by Gasteiger charge is 2.23. The van der Waals surface area contributed by atoms with Crippen LogP contribution in [0.15, 0.2) is 22.1 Å². The van der Waals surface area contributed by atoms with Gasteiger partial charge < -0.3 is 9.80 Å². The van der Waals surface area contributed by atoms with E-state index in [9.17, 15) is 4.79 Å². The molecule has 1 amide bonds. The number of hydrogen-bond acceptors (Lipinski definition) is 4. The lowest BCUT2D eigenvalue weighted by molar-refractivity contribution is -0.114. The zero-order chi connectivity index (χ0) is 12.4. The summed E-state index contributed by atoms with van der Waals surface area (Å²) in [6.45, 7) is 12.4. The third kappa shape index (κ3) is 2.44. The van der Waals surface area contributed by atoms with Crippen molar-refractivity contribution in [2.24, 2.45) is 9.98 Å². The van der Waals surface area contributed by atoms with Gasteiger partial charge >= 0.3 is 0 Å². The Balaban J connectivity index is 2.07. The van der Waals surface area contributed by atoms with Crippen LogP contribution in [-0.4, -0.2) is 60.1 Å². The Labute approximate surface area is 102 Å². The Morgan fingerprint density at radius 2 is 1.88 bits per heavy atom. The number of carbonyl (C=O) groups excluding carboxylic acids is 1. The second kappa shape index (κ2) is 4.79. The predicted octanol–water partition coefficient (Wildman–Crippen LogP) is 0.537. The van der Waals surface area contributed by atoms with Crippen molar-refractivity contribution in [2.45, 2.75) is 13.8 Å². The number of likely N-dealkylation sites (N-methyl/N-ethyl adjacent to an activating group) is 1. The average Bonchev–Trinajstić information content (AvgIpc) is 2.35. The molecule has 92 valence electrons. The van der Waals surface area contributed by atoms with E-state index in [1.165, 1.54) is 0 Å². The topological polar surface area (TPSA) is 48.3 Å². The molecule has 0 aromatic heterocycles. The van der Waals surface area contributed by atoms with Crippen molar-refractivity contribution in [1.29, 1.82) is 0 Å². The van der Waals surface area contributed by atoms with Gasteiger partial charge in [-0.15, -0.1) is 0 Å². The van der Waals surface area contributed by atoms with Crippen molar-refractivity contribution >= 4 is 17.6 Å². The van der Waals surface area contributed by atoms with Gasteiger partial charge in [-0.3, -0.25) is 4.79 Å². The summed E-state index contributed by atoms with van der Waals surface area (Å²) in [5.74, 6) is 0.293. The third-order valence-corrected chi connectivity index (χ3v) is 3.27. The molecule has 2 aliphatic heterocycles. The Kier molecular flexibility index (Phi) is 3.38. The fourth-order valence-corrected chi connectivity index (χ4v) is 1.96. The summed E-state index contributed by atoms with van der Waals surface area (Å²) < 4.78 is 0. The van der Waals surface area contributed by atoms with Crippen molar-refractivity contribution in [3.8, 4) is 0 Å². The maximum atomic E-state index is 11.6. The predicted molar refractivity (Wildman–Crippen MR) is 68.4 cm³/mol. The number of piperazine rings is 1. The highest BCUT2D eigenvalue weighted by atomic mass is 16.1. The molecule has 5 nitrogen and oxygen atoms in total. The zero-order valence-electron chi connectivity index (χ0n) is 10.4. The molecular weight excluding hydrogens is 216 g/mol. The largest absolute Gasteiger partial charge is 0.338 e. The molecule has 2 heterocycles. The first-order chi connectivity index (χ1) is 8.11. The van der Waals surface area contributed by atoms with Crippen LogP contribution in [0, 0.1) is 0 Å². The van der Waals surface area contributed by atoms with Crippen LogP contribution in [0.2, 0.25) is 0 Å². The molecule has 2 aliphatic rings. The quantitative estimate of drug-likeness (QED) is 0.622. The lowest BCUT2D eigenvalue weighted by Gasteiger charge is -2.35. The molecule has 0 aromatic carbocycles. The molecule has 0 atom stereocenters. The zero-order valence-corrected chi connectivity index (χ0v) is 10.4. The van der Waals surface area contributed by atoms with Crippen molar-refractivity contribution in [2.75, 3.05) is 32.7 Å². The number of rotatable bonds is 1. The van der Waals surface area contributed by atoms with Crippen LogP contribution in [-0.2, 0) is 4.79 Å². The number of nitrogens with zero attached hydrogens (tertiary/aromatic N) is 4. The third-order valence-electron chi connectivity index (χ3n) is 3.27. The van der Waals surface area contributed by atoms with E-state index in [0.717, 1.165) is 32.7 Å². The first-order valence-corrected chi connectivity index (χ1v) is 5.96. The molecule has 17 heavy (non-hydrogen) atoms. The van der Waals surface area contributed by atoms with E-state index in [1.807, 2.05) is 0 Å². The first kappa shape index (κ1) is 12.0. The summed E-state index contributed by atoms with van der Waals surface area (Å²) in [7, 11) is 0. The molecule has 5 heteroatoms. The van der Waals surface area contributed by atoms with Gasteiger partial charge in [0.1, 0.15) is 0 Å². The number of hydrogen-bond donors (Lipinski definition) is 0. The van der Waals surface area contributed by atoms with Gasteiger partial charge in [-0.25, -0.2) is 4.99 Å². The van der Waals surface area contributed by atoms with E-state index < -0.39 is 0 Å². The maximum Gasteiger partial charge on any atom is 0.281 e. The number of guanidine groups is 1. The SMILES string of the molecule is C=C1C(=O)N=C(N2CCN(CC)CC2)N=C1C. The molecule has 0 bridgehead atoms. The average molecular weight is 234 g/mol. The van der Waals surface area contributed by atoms with Gasteiger partial charge in [0.2, 0.25) is 5.96 Å². The minimum atomic E-state index is -0.259. The fraction of sp³-hybridized carbons (Fsp3) is 0.583. The minimum absolute atomic E-state index is 0.259. The Morgan fingerprint density at radius 3 is 2.41 bits per heavy atom. The van der Waals surface area contributed by atoms with Crippen molar-refractivity contribution in [3.63, 3.8) is 0 Å². The molecule has 0 N–H and O–H groups in total. The summed E-state index contributed by atoms with van der Waals surface area (Å²) in [4.78, 5) is 24.3. The monoisotopic (exact) mass is 234 g/mol. The Morgan fingerprint density at radius 1 is 1.24 bits per heavy atom. The summed E-state index contributed by atoms with van der Waals surface area (Å²) >= 11 is 0. The van der Waals surface area contributed by atoms with E-state index in [4.69, 9.17) is 0 Å². The lowest BCUT2D eigenvalue weighted by Crippen LogP contribution is -2.48. The Hall–Kier alpha value is -1.49. The van der Waals surface area contributed by atoms with Gasteiger partial charge in [0.25, 0.3) is 5.91 Å². The molecule has 0 saturated carbocycles. The van der Waals surface area contributed by atoms with Gasteiger partial charge in [-0.05, 0) is 13.5 Å². The highest BCUT2D eigenvalue weighted by Crippen LogP contribution is 2.11. The van der Waals surface area contributed by atoms with Crippen molar-refractivity contribution in [3.05, 3.63) is 12.2 Å². The van der Waals surface area contributed by atoms with Gasteiger partial charge in [-0.2, -0.15) is 4.99 Å². The Bertz CT molecular complexity index is 403. The second-order valence-electron chi connectivity index (χ2n) is 4.31. The fourth-order valence-electron chi connectivity index (χ4n) is 1.96. The van der Waals surface area contributed by atoms with Crippen LogP contribution in [0.1, 0.15) is 13.8 Å². The van der Waals surface area contributed by atoms with Crippen LogP contribution >= 0.6 is 0 Å². The molecule has 2 rings (SSSR count). The van der Waals surface area contributed by atoms with E-state index >= 15 is 0 Å². The highest BCUT2D eigenvalue weighted by molar-refractivity contribution is 6.27. The van der Waals surface area contributed by atoms with Crippen molar-refractivity contribution in [1.82, 2.24) is 9.80 Å². The van der Waals surface area contributed by atoms with Gasteiger partial charge in [0, 0.05) is 26.2 Å².